The van der Waals surface area contributed by atoms with Crippen LogP contribution >= 0.6 is 11.6 Å². The Bertz CT molecular complexity index is 1300. The molecular formula is C29H35ClF2N4O4. The van der Waals surface area contributed by atoms with Gasteiger partial charge in [0.1, 0.15) is 0 Å². The second-order valence-electron chi connectivity index (χ2n) is 9.53. The summed E-state index contributed by atoms with van der Waals surface area (Å²) in [5.41, 5.74) is 1.97. The first-order valence-corrected chi connectivity index (χ1v) is 13.7. The molecule has 3 aromatic rings. The predicted octanol–water partition coefficient (Wildman–Crippen LogP) is 4.27. The maximum atomic E-state index is 13.3. The van der Waals surface area contributed by atoms with E-state index < -0.39 is 12.7 Å². The Morgan fingerprint density at radius 3 is 2.42 bits per heavy atom. The van der Waals surface area contributed by atoms with Crippen molar-refractivity contribution in [3.05, 3.63) is 75.2 Å². The van der Waals surface area contributed by atoms with Gasteiger partial charge in [0.2, 0.25) is 5.91 Å². The van der Waals surface area contributed by atoms with Gasteiger partial charge in [-0.2, -0.15) is 5.10 Å². The third kappa shape index (κ3) is 9.46. The highest BCUT2D eigenvalue weighted by Gasteiger charge is 2.24. The molecule has 4 rings (SSSR count). The zero-order valence-corrected chi connectivity index (χ0v) is 23.3. The van der Waals surface area contributed by atoms with Crippen molar-refractivity contribution >= 4 is 34.6 Å². The SMILES string of the molecule is COCCCNC(=O)CCN1CCC(n2nc(Cc3ccc(Cl)cc3)c3ccccc3c2=O)CC1.O=CC(F)F. The monoisotopic (exact) mass is 576 g/mol. The number of nitrogens with zero attached hydrogens (tertiary/aromatic N) is 3. The van der Waals surface area contributed by atoms with E-state index in [1.807, 2.05) is 48.5 Å². The van der Waals surface area contributed by atoms with Crippen LogP contribution in [-0.2, 0) is 20.7 Å². The first-order chi connectivity index (χ1) is 19.3. The van der Waals surface area contributed by atoms with Crippen LogP contribution in [0, 0.1) is 0 Å². The Morgan fingerprint density at radius 2 is 1.80 bits per heavy atom. The number of hydrogen-bond acceptors (Lipinski definition) is 6. The summed E-state index contributed by atoms with van der Waals surface area (Å²) in [6.07, 6.45) is 0.395. The molecule has 0 unspecified atom stereocenters. The highest BCUT2D eigenvalue weighted by atomic mass is 35.5. The number of rotatable bonds is 11. The summed E-state index contributed by atoms with van der Waals surface area (Å²) in [6, 6.07) is 15.5. The number of nitrogens with one attached hydrogen (secondary N) is 1. The van der Waals surface area contributed by atoms with Gasteiger partial charge in [-0.25, -0.2) is 13.5 Å². The average molecular weight is 577 g/mol. The third-order valence-corrected chi connectivity index (χ3v) is 6.95. The van der Waals surface area contributed by atoms with E-state index in [-0.39, 0.29) is 17.5 Å². The number of alkyl halides is 2. The van der Waals surface area contributed by atoms with Crippen LogP contribution in [0.4, 0.5) is 8.78 Å². The van der Waals surface area contributed by atoms with Crippen LogP contribution in [0.3, 0.4) is 0 Å². The molecule has 1 aliphatic heterocycles. The minimum absolute atomic E-state index is 0.0330. The lowest BCUT2D eigenvalue weighted by Crippen LogP contribution is -2.40. The number of fused-ring (bicyclic) bond motifs is 1. The Labute approximate surface area is 237 Å². The zero-order valence-electron chi connectivity index (χ0n) is 22.5. The molecule has 0 bridgehead atoms. The lowest BCUT2D eigenvalue weighted by Gasteiger charge is -2.32. The highest BCUT2D eigenvalue weighted by molar-refractivity contribution is 6.30. The topological polar surface area (TPSA) is 93.5 Å². The molecule has 0 atom stereocenters. The minimum Gasteiger partial charge on any atom is -0.385 e. The summed E-state index contributed by atoms with van der Waals surface area (Å²) in [5, 5.41) is 10.1. The van der Waals surface area contributed by atoms with E-state index in [2.05, 4.69) is 10.2 Å². The second-order valence-corrected chi connectivity index (χ2v) is 9.97. The van der Waals surface area contributed by atoms with Crippen LogP contribution in [0.15, 0.2) is 53.3 Å². The van der Waals surface area contributed by atoms with Gasteiger partial charge >= 0.3 is 0 Å². The maximum absolute atomic E-state index is 13.3. The van der Waals surface area contributed by atoms with Crippen LogP contribution in [0.2, 0.25) is 5.02 Å². The van der Waals surface area contributed by atoms with Gasteiger partial charge in [0.25, 0.3) is 12.0 Å². The van der Waals surface area contributed by atoms with Crippen molar-refractivity contribution in [2.45, 2.75) is 44.6 Å². The Balaban J connectivity index is 0.000000810. The van der Waals surface area contributed by atoms with E-state index in [1.54, 1.807) is 11.8 Å². The molecule has 1 aromatic heterocycles. The largest absolute Gasteiger partial charge is 0.385 e. The number of aldehydes is 1. The second kappa shape index (κ2) is 16.2. The van der Waals surface area contributed by atoms with Crippen molar-refractivity contribution in [1.82, 2.24) is 20.0 Å². The van der Waals surface area contributed by atoms with Gasteiger partial charge in [0, 0.05) is 63.1 Å². The highest BCUT2D eigenvalue weighted by Crippen LogP contribution is 2.24. The number of likely N-dealkylation sites (tertiary alicyclic amines) is 1. The molecule has 216 valence electrons. The van der Waals surface area contributed by atoms with Gasteiger partial charge in [-0.1, -0.05) is 41.9 Å². The van der Waals surface area contributed by atoms with Crippen molar-refractivity contribution in [3.8, 4) is 0 Å². The molecule has 11 heteroatoms. The van der Waals surface area contributed by atoms with Crippen LogP contribution in [0.5, 0.6) is 0 Å². The molecule has 2 aromatic carbocycles. The molecule has 8 nitrogen and oxygen atoms in total. The summed E-state index contributed by atoms with van der Waals surface area (Å²) in [5.74, 6) is 0.0717. The number of piperidine rings is 1. The zero-order chi connectivity index (χ0) is 28.9. The smallest absolute Gasteiger partial charge is 0.293 e. The number of aromatic nitrogens is 2. The van der Waals surface area contributed by atoms with E-state index in [9.17, 15) is 18.4 Å². The molecule has 0 spiro atoms. The van der Waals surface area contributed by atoms with Gasteiger partial charge in [-0.05, 0) is 43.0 Å². The quantitative estimate of drug-likeness (QED) is 0.271. The minimum atomic E-state index is -2.80. The Hall–Kier alpha value is -3.21. The summed E-state index contributed by atoms with van der Waals surface area (Å²) in [7, 11) is 1.66. The summed E-state index contributed by atoms with van der Waals surface area (Å²) in [4.78, 5) is 36.4. The number of benzene rings is 2. The van der Waals surface area contributed by atoms with Gasteiger partial charge in [-0.15, -0.1) is 0 Å². The maximum Gasteiger partial charge on any atom is 0.293 e. The fraction of sp³-hybridized carbons (Fsp3) is 0.448. The van der Waals surface area contributed by atoms with E-state index in [0.29, 0.717) is 36.4 Å². The van der Waals surface area contributed by atoms with Crippen molar-refractivity contribution in [3.63, 3.8) is 0 Å². The van der Waals surface area contributed by atoms with Crippen LogP contribution in [0.1, 0.15) is 43.0 Å². The fourth-order valence-corrected chi connectivity index (χ4v) is 4.75. The van der Waals surface area contributed by atoms with Crippen LogP contribution in [-0.4, -0.2) is 73.2 Å². The molecule has 1 amide bonds. The van der Waals surface area contributed by atoms with Gasteiger partial charge in [0.05, 0.1) is 17.1 Å². The number of ether oxygens (including phenoxy) is 1. The number of amides is 1. The van der Waals surface area contributed by atoms with Crippen LogP contribution in [0.25, 0.3) is 10.8 Å². The van der Waals surface area contributed by atoms with E-state index in [1.165, 1.54) is 0 Å². The van der Waals surface area contributed by atoms with E-state index in [0.717, 1.165) is 55.5 Å². The number of carbonyl (C=O) groups excluding carboxylic acids is 2. The van der Waals surface area contributed by atoms with E-state index in [4.69, 9.17) is 26.2 Å². The molecular weight excluding hydrogens is 542 g/mol. The molecule has 1 aliphatic rings. The third-order valence-electron chi connectivity index (χ3n) is 6.70. The van der Waals surface area contributed by atoms with Crippen molar-refractivity contribution in [2.75, 3.05) is 39.9 Å². The number of carbonyl (C=O) groups is 2. The Kier molecular flexibility index (Phi) is 12.6. The molecule has 1 fully saturated rings. The van der Waals surface area contributed by atoms with Gasteiger partial charge in [-0.3, -0.25) is 14.4 Å². The molecule has 0 radical (unpaired) electrons. The Morgan fingerprint density at radius 1 is 1.15 bits per heavy atom. The van der Waals surface area contributed by atoms with Crippen molar-refractivity contribution < 1.29 is 23.1 Å². The van der Waals surface area contributed by atoms with Gasteiger partial charge < -0.3 is 15.0 Å². The fourth-order valence-electron chi connectivity index (χ4n) is 4.63. The van der Waals surface area contributed by atoms with Gasteiger partial charge in [0.15, 0.2) is 6.29 Å². The normalized spacial score (nSPS) is 14.1. The standard InChI is InChI=1S/C27H33ClN4O3.C2H2F2O/c1-35-18-4-14-29-26(33)13-17-31-15-11-22(12-16-31)32-27(34)24-6-3-2-5-23(24)25(30-32)19-20-7-9-21(28)10-8-20;3-2(4)1-5/h2-3,5-10,22H,4,11-19H2,1H3,(H,29,33);1-2H. The van der Waals surface area contributed by atoms with Crippen molar-refractivity contribution in [2.24, 2.45) is 0 Å². The number of halogens is 3. The summed E-state index contributed by atoms with van der Waals surface area (Å²) >= 11 is 6.05. The summed E-state index contributed by atoms with van der Waals surface area (Å²) in [6.45, 7) is 3.70. The molecule has 0 saturated carbocycles. The van der Waals surface area contributed by atoms with Crippen LogP contribution < -0.4 is 10.9 Å². The molecule has 1 saturated heterocycles. The molecule has 0 aliphatic carbocycles. The number of methoxy groups -OCH3 is 1. The number of hydrogen-bond donors (Lipinski definition) is 1. The van der Waals surface area contributed by atoms with E-state index >= 15 is 0 Å². The average Bonchev–Trinajstić information content (AvgIpc) is 2.97. The predicted molar refractivity (Wildman–Crippen MR) is 151 cm³/mol. The molecule has 40 heavy (non-hydrogen) atoms. The first-order valence-electron chi connectivity index (χ1n) is 13.3. The molecule has 2 heterocycles. The first kappa shape index (κ1) is 31.3. The molecule has 1 N–H and O–H groups in total. The lowest BCUT2D eigenvalue weighted by atomic mass is 10.0. The van der Waals surface area contributed by atoms with Crippen molar-refractivity contribution in [1.29, 1.82) is 0 Å². The summed E-state index contributed by atoms with van der Waals surface area (Å²) < 4.78 is 27.5. The lowest BCUT2D eigenvalue weighted by molar-refractivity contribution is -0.121.